The topological polar surface area (TPSA) is 34.1 Å². The lowest BCUT2D eigenvalue weighted by atomic mass is 10.1. The monoisotopic (exact) mass is 282 g/mol. The molecule has 0 atom stereocenters. The number of methoxy groups -OCH3 is 1. The predicted octanol–water partition coefficient (Wildman–Crippen LogP) is 3.99. The van der Waals surface area contributed by atoms with Crippen molar-refractivity contribution in [2.24, 2.45) is 0 Å². The number of nitrogens with zero attached hydrogens (tertiary/aromatic N) is 1. The number of hydrogen-bond acceptors (Lipinski definition) is 3. The summed E-state index contributed by atoms with van der Waals surface area (Å²) in [5.41, 5.74) is 0.872. The Bertz CT molecular complexity index is 774. The molecule has 0 radical (unpaired) electrons. The molecular formula is C17H15FN2O. The first-order valence-electron chi connectivity index (χ1n) is 6.67. The molecule has 3 aromatic rings. The fraction of sp³-hybridized carbons (Fsp3) is 0.118. The number of nitrogens with one attached hydrogen (secondary N) is 1. The van der Waals surface area contributed by atoms with Crippen molar-refractivity contribution in [3.05, 3.63) is 66.1 Å². The summed E-state index contributed by atoms with van der Waals surface area (Å²) in [4.78, 5) is 4.36. The van der Waals surface area contributed by atoms with Crippen LogP contribution in [0, 0.1) is 5.82 Å². The number of pyridine rings is 1. The number of fused-ring (bicyclic) bond motifs is 1. The van der Waals surface area contributed by atoms with E-state index in [1.165, 1.54) is 12.1 Å². The van der Waals surface area contributed by atoms with Gasteiger partial charge in [0.1, 0.15) is 17.4 Å². The Hall–Kier alpha value is -2.62. The first-order chi connectivity index (χ1) is 10.3. The number of benzene rings is 2. The molecule has 0 aliphatic carbocycles. The highest BCUT2D eigenvalue weighted by Gasteiger charge is 2.04. The molecule has 0 amide bonds. The van der Waals surface area contributed by atoms with E-state index in [0.29, 0.717) is 6.54 Å². The van der Waals surface area contributed by atoms with Gasteiger partial charge in [0.15, 0.2) is 0 Å². The Kier molecular flexibility index (Phi) is 3.69. The van der Waals surface area contributed by atoms with E-state index in [-0.39, 0.29) is 5.82 Å². The minimum atomic E-state index is -0.234. The van der Waals surface area contributed by atoms with Crippen LogP contribution in [0.3, 0.4) is 0 Å². The molecule has 1 aromatic heterocycles. The number of halogens is 1. The number of anilines is 1. The van der Waals surface area contributed by atoms with Gasteiger partial charge in [-0.15, -0.1) is 0 Å². The molecule has 0 unspecified atom stereocenters. The van der Waals surface area contributed by atoms with E-state index < -0.39 is 0 Å². The Morgan fingerprint density at radius 2 is 2.05 bits per heavy atom. The zero-order valence-electron chi connectivity index (χ0n) is 11.6. The van der Waals surface area contributed by atoms with Crippen molar-refractivity contribution in [1.82, 2.24) is 4.98 Å². The summed E-state index contributed by atoms with van der Waals surface area (Å²) in [5, 5.41) is 5.31. The van der Waals surface area contributed by atoms with E-state index >= 15 is 0 Å². The summed E-state index contributed by atoms with van der Waals surface area (Å²) in [7, 11) is 1.64. The van der Waals surface area contributed by atoms with Crippen LogP contribution in [0.15, 0.2) is 54.7 Å². The average molecular weight is 282 g/mol. The lowest BCUT2D eigenvalue weighted by molar-refractivity contribution is 0.415. The molecule has 4 heteroatoms. The Morgan fingerprint density at radius 3 is 2.86 bits per heavy atom. The maximum atomic E-state index is 13.2. The molecule has 1 heterocycles. The molecule has 0 saturated heterocycles. The molecule has 0 bridgehead atoms. The highest BCUT2D eigenvalue weighted by atomic mass is 19.1. The van der Waals surface area contributed by atoms with Gasteiger partial charge in [-0.25, -0.2) is 9.37 Å². The lowest BCUT2D eigenvalue weighted by Crippen LogP contribution is -2.02. The predicted molar refractivity (Wildman–Crippen MR) is 82.0 cm³/mol. The molecular weight excluding hydrogens is 267 g/mol. The van der Waals surface area contributed by atoms with Crippen LogP contribution < -0.4 is 10.1 Å². The molecule has 3 nitrogen and oxygen atoms in total. The quantitative estimate of drug-likeness (QED) is 0.785. The average Bonchev–Trinajstić information content (AvgIpc) is 2.52. The van der Waals surface area contributed by atoms with Crippen LogP contribution >= 0.6 is 0 Å². The molecule has 0 fully saturated rings. The van der Waals surface area contributed by atoms with E-state index in [1.54, 1.807) is 19.4 Å². The Labute approximate surface area is 122 Å². The molecule has 0 aliphatic heterocycles. The summed E-state index contributed by atoms with van der Waals surface area (Å²) in [6.07, 6.45) is 1.75. The normalized spacial score (nSPS) is 10.6. The molecule has 2 aromatic carbocycles. The van der Waals surface area contributed by atoms with Crippen molar-refractivity contribution in [2.75, 3.05) is 12.4 Å². The van der Waals surface area contributed by atoms with Crippen molar-refractivity contribution < 1.29 is 9.13 Å². The van der Waals surface area contributed by atoms with E-state index in [1.807, 2.05) is 30.3 Å². The third-order valence-electron chi connectivity index (χ3n) is 3.32. The summed E-state index contributed by atoms with van der Waals surface area (Å²) in [6.45, 7) is 0.515. The van der Waals surface area contributed by atoms with E-state index in [0.717, 1.165) is 27.9 Å². The summed E-state index contributed by atoms with van der Waals surface area (Å²) < 4.78 is 18.4. The van der Waals surface area contributed by atoms with E-state index in [2.05, 4.69) is 10.3 Å². The van der Waals surface area contributed by atoms with Gasteiger partial charge in [0.05, 0.1) is 7.11 Å². The van der Waals surface area contributed by atoms with Gasteiger partial charge in [-0.05, 0) is 41.3 Å². The summed E-state index contributed by atoms with van der Waals surface area (Å²) >= 11 is 0. The van der Waals surface area contributed by atoms with Crippen LogP contribution in [0.2, 0.25) is 0 Å². The Balaban J connectivity index is 1.89. The molecule has 1 N–H and O–H groups in total. The molecule has 3 rings (SSSR count). The van der Waals surface area contributed by atoms with Crippen molar-refractivity contribution in [3.63, 3.8) is 0 Å². The van der Waals surface area contributed by atoms with Crippen molar-refractivity contribution >= 4 is 16.6 Å². The molecule has 0 saturated carbocycles. The highest BCUT2D eigenvalue weighted by Crippen LogP contribution is 2.26. The number of aromatic nitrogens is 1. The van der Waals surface area contributed by atoms with Crippen molar-refractivity contribution in [2.45, 2.75) is 6.54 Å². The van der Waals surface area contributed by atoms with Crippen LogP contribution in [0.25, 0.3) is 10.8 Å². The highest BCUT2D eigenvalue weighted by molar-refractivity contribution is 5.92. The zero-order chi connectivity index (χ0) is 14.7. The number of hydrogen-bond donors (Lipinski definition) is 1. The third kappa shape index (κ3) is 2.94. The van der Waals surface area contributed by atoms with Crippen LogP contribution in [-0.2, 0) is 6.54 Å². The third-order valence-corrected chi connectivity index (χ3v) is 3.32. The first kappa shape index (κ1) is 13.4. The smallest absolute Gasteiger partial charge is 0.134 e. The van der Waals surface area contributed by atoms with Crippen molar-refractivity contribution in [3.8, 4) is 5.75 Å². The second-order valence-corrected chi connectivity index (χ2v) is 4.73. The lowest BCUT2D eigenvalue weighted by Gasteiger charge is -2.10. The summed E-state index contributed by atoms with van der Waals surface area (Å²) in [5.74, 6) is 1.31. The van der Waals surface area contributed by atoms with Gasteiger partial charge in [0, 0.05) is 18.1 Å². The Morgan fingerprint density at radius 1 is 1.14 bits per heavy atom. The standard InChI is InChI=1S/C17H15FN2O/c1-21-15-6-5-13-7-8-19-17(16(13)10-15)20-11-12-3-2-4-14(18)9-12/h2-10H,11H2,1H3,(H,19,20). The van der Waals surface area contributed by atoms with Gasteiger partial charge in [0.2, 0.25) is 0 Å². The second-order valence-electron chi connectivity index (χ2n) is 4.73. The first-order valence-corrected chi connectivity index (χ1v) is 6.67. The van der Waals surface area contributed by atoms with Gasteiger partial charge in [-0.1, -0.05) is 18.2 Å². The maximum Gasteiger partial charge on any atom is 0.134 e. The minimum Gasteiger partial charge on any atom is -0.497 e. The zero-order valence-corrected chi connectivity index (χ0v) is 11.6. The van der Waals surface area contributed by atoms with Gasteiger partial charge in [-0.3, -0.25) is 0 Å². The number of ether oxygens (including phenoxy) is 1. The largest absolute Gasteiger partial charge is 0.497 e. The van der Waals surface area contributed by atoms with Crippen molar-refractivity contribution in [1.29, 1.82) is 0 Å². The van der Waals surface area contributed by atoms with E-state index in [4.69, 9.17) is 4.74 Å². The van der Waals surface area contributed by atoms with Crippen LogP contribution in [0.4, 0.5) is 10.2 Å². The van der Waals surface area contributed by atoms with Gasteiger partial charge < -0.3 is 10.1 Å². The molecule has 106 valence electrons. The summed E-state index contributed by atoms with van der Waals surface area (Å²) in [6, 6.07) is 14.3. The van der Waals surface area contributed by atoms with Crippen LogP contribution in [-0.4, -0.2) is 12.1 Å². The molecule has 0 aliphatic rings. The molecule has 21 heavy (non-hydrogen) atoms. The van der Waals surface area contributed by atoms with Crippen LogP contribution in [0.1, 0.15) is 5.56 Å². The second kappa shape index (κ2) is 5.79. The fourth-order valence-electron chi connectivity index (χ4n) is 2.25. The maximum absolute atomic E-state index is 13.2. The minimum absolute atomic E-state index is 0.234. The molecule has 0 spiro atoms. The fourth-order valence-corrected chi connectivity index (χ4v) is 2.25. The van der Waals surface area contributed by atoms with Gasteiger partial charge in [-0.2, -0.15) is 0 Å². The van der Waals surface area contributed by atoms with E-state index in [9.17, 15) is 4.39 Å². The number of rotatable bonds is 4. The van der Waals surface area contributed by atoms with Crippen LogP contribution in [0.5, 0.6) is 5.75 Å². The van der Waals surface area contributed by atoms with Gasteiger partial charge >= 0.3 is 0 Å². The SMILES string of the molecule is COc1ccc2ccnc(NCc3cccc(F)c3)c2c1. The van der Waals surface area contributed by atoms with Gasteiger partial charge in [0.25, 0.3) is 0 Å².